The van der Waals surface area contributed by atoms with Gasteiger partial charge in [-0.05, 0) is 38.1 Å². The summed E-state index contributed by atoms with van der Waals surface area (Å²) in [6.45, 7) is 3.53. The van der Waals surface area contributed by atoms with Gasteiger partial charge in [-0.25, -0.2) is 14.3 Å². The van der Waals surface area contributed by atoms with Crippen LogP contribution in [0.4, 0.5) is 0 Å². The van der Waals surface area contributed by atoms with Gasteiger partial charge < -0.3 is 9.47 Å². The molecule has 2 aromatic heterocycles. The van der Waals surface area contributed by atoms with Crippen molar-refractivity contribution >= 4 is 23.5 Å². The van der Waals surface area contributed by atoms with Crippen LogP contribution in [-0.4, -0.2) is 46.1 Å². The highest BCUT2D eigenvalue weighted by atomic mass is 35.5. The lowest BCUT2D eigenvalue weighted by atomic mass is 10.3. The zero-order chi connectivity index (χ0) is 20.0. The number of nitrogens with zero attached hydrogens (tertiary/aromatic N) is 3. The monoisotopic (exact) mass is 390 g/mol. The van der Waals surface area contributed by atoms with Crippen LogP contribution in [-0.2, 0) is 9.47 Å². The van der Waals surface area contributed by atoms with Gasteiger partial charge in [0.15, 0.2) is 0 Å². The van der Waals surface area contributed by atoms with Gasteiger partial charge in [0.05, 0.1) is 31.8 Å². The molecule has 0 saturated carbocycles. The molecule has 3 rings (SSSR count). The fraction of sp³-hybridized carbons (Fsp3) is 0.222. The number of carbonyl (C=O) groups excluding carboxylic acids is 2. The minimum absolute atomic E-state index is 0.355. The first-order valence-corrected chi connectivity index (χ1v) is 8.24. The maximum atomic E-state index is 11.4. The average Bonchev–Trinajstić information content (AvgIpc) is 3.27. The average molecular weight is 391 g/mol. The van der Waals surface area contributed by atoms with Gasteiger partial charge in [0.1, 0.15) is 11.1 Å². The van der Waals surface area contributed by atoms with Crippen LogP contribution in [0, 0.1) is 13.8 Å². The van der Waals surface area contributed by atoms with E-state index in [0.717, 1.165) is 11.4 Å². The number of aromatic amines is 1. The van der Waals surface area contributed by atoms with Gasteiger partial charge in [-0.15, -0.1) is 0 Å². The third kappa shape index (κ3) is 4.95. The molecule has 8 nitrogen and oxygen atoms in total. The minimum Gasteiger partial charge on any atom is -0.465 e. The first-order chi connectivity index (χ1) is 12.9. The summed E-state index contributed by atoms with van der Waals surface area (Å²) >= 11 is 5.80. The minimum atomic E-state index is -0.386. The highest BCUT2D eigenvalue weighted by Gasteiger charge is 2.14. The second-order valence-corrected chi connectivity index (χ2v) is 5.88. The molecule has 0 saturated heterocycles. The zero-order valence-corrected chi connectivity index (χ0v) is 16.1. The second kappa shape index (κ2) is 9.00. The number of methoxy groups -OCH3 is 2. The predicted octanol–water partition coefficient (Wildman–Crippen LogP) is 3.13. The van der Waals surface area contributed by atoms with Crippen LogP contribution in [0.3, 0.4) is 0 Å². The number of halogens is 1. The molecule has 0 unspecified atom stereocenters. The van der Waals surface area contributed by atoms with Crippen molar-refractivity contribution in [3.63, 3.8) is 0 Å². The Morgan fingerprint density at radius 3 is 2.15 bits per heavy atom. The van der Waals surface area contributed by atoms with Gasteiger partial charge in [-0.2, -0.15) is 10.2 Å². The van der Waals surface area contributed by atoms with E-state index in [1.807, 2.05) is 12.1 Å². The number of ether oxygens (including phenoxy) is 2. The van der Waals surface area contributed by atoms with Gasteiger partial charge in [-0.1, -0.05) is 11.6 Å². The number of rotatable bonds is 3. The molecule has 0 spiro atoms. The van der Waals surface area contributed by atoms with Gasteiger partial charge in [0.2, 0.25) is 0 Å². The number of H-pyrrole nitrogens is 1. The fourth-order valence-electron chi connectivity index (χ4n) is 2.16. The second-order valence-electron chi connectivity index (χ2n) is 5.44. The predicted molar refractivity (Wildman–Crippen MR) is 99.3 cm³/mol. The first-order valence-electron chi connectivity index (χ1n) is 7.86. The molecule has 3 aromatic rings. The van der Waals surface area contributed by atoms with Crippen molar-refractivity contribution in [3.8, 4) is 5.69 Å². The normalized spacial score (nSPS) is 9.96. The molecule has 0 bridgehead atoms. The van der Waals surface area contributed by atoms with Crippen LogP contribution in [0.2, 0.25) is 5.02 Å². The van der Waals surface area contributed by atoms with E-state index in [9.17, 15) is 9.59 Å². The van der Waals surface area contributed by atoms with E-state index in [1.54, 1.807) is 36.9 Å². The summed E-state index contributed by atoms with van der Waals surface area (Å²) in [5, 5.41) is 11.2. The molecule has 0 aliphatic carbocycles. The van der Waals surface area contributed by atoms with Gasteiger partial charge in [0, 0.05) is 16.9 Å². The third-order valence-corrected chi connectivity index (χ3v) is 3.88. The van der Waals surface area contributed by atoms with Crippen molar-refractivity contribution < 1.29 is 19.1 Å². The number of benzene rings is 1. The molecular formula is C18H19ClN4O4. The van der Waals surface area contributed by atoms with Crippen LogP contribution >= 0.6 is 11.6 Å². The number of carbonyl (C=O) groups is 2. The Kier molecular flexibility index (Phi) is 6.73. The number of esters is 2. The summed E-state index contributed by atoms with van der Waals surface area (Å²) in [5.41, 5.74) is 3.15. The van der Waals surface area contributed by atoms with Gasteiger partial charge in [0.25, 0.3) is 0 Å². The first kappa shape index (κ1) is 20.2. The van der Waals surface area contributed by atoms with Crippen molar-refractivity contribution in [2.45, 2.75) is 13.8 Å². The molecule has 1 aromatic carbocycles. The highest BCUT2D eigenvalue weighted by Crippen LogP contribution is 2.15. The van der Waals surface area contributed by atoms with Crippen LogP contribution in [0.25, 0.3) is 5.69 Å². The number of aromatic nitrogens is 4. The van der Waals surface area contributed by atoms with E-state index in [4.69, 9.17) is 11.6 Å². The van der Waals surface area contributed by atoms with Crippen molar-refractivity contribution in [1.29, 1.82) is 0 Å². The van der Waals surface area contributed by atoms with Gasteiger partial charge >= 0.3 is 11.9 Å². The molecule has 2 heterocycles. The van der Waals surface area contributed by atoms with E-state index in [2.05, 4.69) is 24.8 Å². The molecule has 0 radical (unpaired) electrons. The quantitative estimate of drug-likeness (QED) is 0.690. The maximum Gasteiger partial charge on any atom is 0.341 e. The Hall–Kier alpha value is -3.13. The van der Waals surface area contributed by atoms with Crippen molar-refractivity contribution in [2.24, 2.45) is 0 Å². The molecule has 0 atom stereocenters. The van der Waals surface area contributed by atoms with E-state index in [0.29, 0.717) is 21.8 Å². The summed E-state index contributed by atoms with van der Waals surface area (Å²) in [7, 11) is 2.69. The molecular weight excluding hydrogens is 372 g/mol. The topological polar surface area (TPSA) is 99.1 Å². The smallest absolute Gasteiger partial charge is 0.341 e. The highest BCUT2D eigenvalue weighted by molar-refractivity contribution is 6.30. The molecule has 0 aliphatic rings. The number of hydrogen-bond donors (Lipinski definition) is 1. The van der Waals surface area contributed by atoms with E-state index in [1.165, 1.54) is 20.4 Å². The van der Waals surface area contributed by atoms with E-state index in [-0.39, 0.29) is 11.9 Å². The lowest BCUT2D eigenvalue weighted by Gasteiger charge is -2.00. The summed E-state index contributed by atoms with van der Waals surface area (Å²) in [4.78, 5) is 22.2. The fourth-order valence-corrected chi connectivity index (χ4v) is 2.29. The van der Waals surface area contributed by atoms with Crippen LogP contribution in [0.1, 0.15) is 32.1 Å². The number of nitrogens with one attached hydrogen (secondary N) is 1. The van der Waals surface area contributed by atoms with Crippen LogP contribution in [0.5, 0.6) is 0 Å². The number of hydrogen-bond acceptors (Lipinski definition) is 6. The van der Waals surface area contributed by atoms with Crippen molar-refractivity contribution in [3.05, 3.63) is 64.2 Å². The van der Waals surface area contributed by atoms with Crippen molar-refractivity contribution in [2.75, 3.05) is 14.2 Å². The zero-order valence-electron chi connectivity index (χ0n) is 15.3. The Morgan fingerprint density at radius 2 is 1.63 bits per heavy atom. The Morgan fingerprint density at radius 1 is 1.04 bits per heavy atom. The summed E-state index contributed by atoms with van der Waals surface area (Å²) in [6.07, 6.45) is 3.09. The Bertz CT molecular complexity index is 931. The molecule has 0 fully saturated rings. The molecule has 0 amide bonds. The van der Waals surface area contributed by atoms with Crippen LogP contribution < -0.4 is 0 Å². The van der Waals surface area contributed by atoms with Crippen molar-refractivity contribution in [1.82, 2.24) is 20.0 Å². The maximum absolute atomic E-state index is 11.4. The molecule has 142 valence electrons. The molecule has 27 heavy (non-hydrogen) atoms. The summed E-state index contributed by atoms with van der Waals surface area (Å²) in [5.74, 6) is -0.742. The largest absolute Gasteiger partial charge is 0.465 e. The molecule has 9 heteroatoms. The van der Waals surface area contributed by atoms with Crippen LogP contribution in [0.15, 0.2) is 36.7 Å². The molecule has 1 N–H and O–H groups in total. The standard InChI is InChI=1S/C12H11ClN2O2.C6H8N2O2/c1-8-11(12(16)17-2)7-15(14-8)10-5-3-9(13)4-6-10;1-4-5(3-7-8-4)6(9)10-2/h3-7H,1-2H3;3H,1-2H3,(H,7,8). The molecule has 0 aliphatic heterocycles. The number of aryl methyl sites for hydroxylation is 2. The van der Waals surface area contributed by atoms with Gasteiger partial charge in [-0.3, -0.25) is 5.10 Å². The Labute approximate surface area is 161 Å². The third-order valence-electron chi connectivity index (χ3n) is 3.63. The lowest BCUT2D eigenvalue weighted by Crippen LogP contribution is -2.01. The Balaban J connectivity index is 0.000000223. The SMILES string of the molecule is COC(=O)c1cn(-c2ccc(Cl)cc2)nc1C.COC(=O)c1cn[nH]c1C. The lowest BCUT2D eigenvalue weighted by molar-refractivity contribution is 0.0591. The van der Waals surface area contributed by atoms with E-state index < -0.39 is 0 Å². The summed E-state index contributed by atoms with van der Waals surface area (Å²) in [6, 6.07) is 7.20. The summed E-state index contributed by atoms with van der Waals surface area (Å²) < 4.78 is 10.8. The van der Waals surface area contributed by atoms with E-state index >= 15 is 0 Å².